The van der Waals surface area contributed by atoms with Crippen LogP contribution in [0.2, 0.25) is 0 Å². The maximum absolute atomic E-state index is 3.74. The Bertz CT molecular complexity index is 294. The van der Waals surface area contributed by atoms with Crippen LogP contribution >= 0.6 is 11.3 Å². The van der Waals surface area contributed by atoms with Crippen LogP contribution in [0.3, 0.4) is 0 Å². The molecule has 16 heavy (non-hydrogen) atoms. The molecule has 1 nitrogen and oxygen atoms in total. The molecule has 1 N–H and O–H groups in total. The Morgan fingerprint density at radius 2 is 2.25 bits per heavy atom. The second kappa shape index (κ2) is 5.83. The molecule has 2 heteroatoms. The third-order valence-electron chi connectivity index (χ3n) is 4.11. The van der Waals surface area contributed by atoms with Crippen LogP contribution in [-0.2, 0) is 6.42 Å². The van der Waals surface area contributed by atoms with Gasteiger partial charge in [-0.3, -0.25) is 0 Å². The molecule has 0 aromatic carbocycles. The van der Waals surface area contributed by atoms with Gasteiger partial charge in [0, 0.05) is 6.04 Å². The van der Waals surface area contributed by atoms with E-state index in [1.165, 1.54) is 31.2 Å². The Balaban J connectivity index is 1.73. The number of nitrogens with one attached hydrogen (secondary N) is 1. The lowest BCUT2D eigenvalue weighted by atomic mass is 9.78. The molecule has 0 aliphatic heterocycles. The van der Waals surface area contributed by atoms with E-state index >= 15 is 0 Å². The lowest BCUT2D eigenvalue weighted by Crippen LogP contribution is -2.41. The average molecular weight is 237 g/mol. The quantitative estimate of drug-likeness (QED) is 0.842. The smallest absolute Gasteiger partial charge is 0.00953 e. The number of hydrogen-bond acceptors (Lipinski definition) is 2. The van der Waals surface area contributed by atoms with Crippen LogP contribution in [0.1, 0.15) is 38.7 Å². The zero-order valence-corrected chi connectivity index (χ0v) is 11.2. The van der Waals surface area contributed by atoms with Crippen molar-refractivity contribution in [1.82, 2.24) is 5.32 Å². The molecule has 3 atom stereocenters. The minimum Gasteiger partial charge on any atom is -0.313 e. The van der Waals surface area contributed by atoms with Crippen molar-refractivity contribution >= 4 is 11.3 Å². The van der Waals surface area contributed by atoms with Gasteiger partial charge in [-0.2, -0.15) is 11.3 Å². The predicted octanol–water partition coefficient (Wildman–Crippen LogP) is 3.70. The number of hydrogen-bond donors (Lipinski definition) is 1. The van der Waals surface area contributed by atoms with E-state index in [1.54, 1.807) is 11.3 Å². The topological polar surface area (TPSA) is 12.0 Å². The van der Waals surface area contributed by atoms with Crippen LogP contribution < -0.4 is 5.32 Å². The van der Waals surface area contributed by atoms with Gasteiger partial charge in [0.25, 0.3) is 0 Å². The molecular formula is C14H23NS. The zero-order valence-electron chi connectivity index (χ0n) is 10.4. The first kappa shape index (κ1) is 12.1. The van der Waals surface area contributed by atoms with Crippen LogP contribution in [-0.4, -0.2) is 12.6 Å². The molecular weight excluding hydrogens is 214 g/mol. The van der Waals surface area contributed by atoms with Gasteiger partial charge in [0.2, 0.25) is 0 Å². The van der Waals surface area contributed by atoms with Crippen molar-refractivity contribution in [3.8, 4) is 0 Å². The molecule has 0 spiro atoms. The van der Waals surface area contributed by atoms with Gasteiger partial charge in [0.15, 0.2) is 0 Å². The molecule has 0 saturated heterocycles. The monoisotopic (exact) mass is 237 g/mol. The van der Waals surface area contributed by atoms with Crippen molar-refractivity contribution in [1.29, 1.82) is 0 Å². The summed E-state index contributed by atoms with van der Waals surface area (Å²) in [6.45, 7) is 5.95. The highest BCUT2D eigenvalue weighted by Gasteiger charge is 2.26. The van der Waals surface area contributed by atoms with Crippen molar-refractivity contribution in [2.75, 3.05) is 6.54 Å². The van der Waals surface area contributed by atoms with E-state index in [9.17, 15) is 0 Å². The Kier molecular flexibility index (Phi) is 4.42. The molecule has 1 fully saturated rings. The van der Waals surface area contributed by atoms with Crippen LogP contribution in [0.5, 0.6) is 0 Å². The van der Waals surface area contributed by atoms with E-state index < -0.39 is 0 Å². The largest absolute Gasteiger partial charge is 0.313 e. The van der Waals surface area contributed by atoms with E-state index in [-0.39, 0.29) is 0 Å². The van der Waals surface area contributed by atoms with Crippen molar-refractivity contribution < 1.29 is 0 Å². The molecule has 1 aromatic rings. The Hall–Kier alpha value is -0.340. The highest BCUT2D eigenvalue weighted by molar-refractivity contribution is 7.07. The van der Waals surface area contributed by atoms with Crippen molar-refractivity contribution in [2.24, 2.45) is 11.8 Å². The van der Waals surface area contributed by atoms with Gasteiger partial charge < -0.3 is 5.32 Å². The van der Waals surface area contributed by atoms with Crippen LogP contribution in [0.15, 0.2) is 16.8 Å². The van der Waals surface area contributed by atoms with Gasteiger partial charge in [-0.25, -0.2) is 0 Å². The fourth-order valence-electron chi connectivity index (χ4n) is 2.71. The van der Waals surface area contributed by atoms with E-state index in [2.05, 4.69) is 36.0 Å². The first-order chi connectivity index (χ1) is 7.77. The third-order valence-corrected chi connectivity index (χ3v) is 4.84. The minimum atomic E-state index is 0.752. The summed E-state index contributed by atoms with van der Waals surface area (Å²) in [5.74, 6) is 1.74. The molecule has 1 aliphatic carbocycles. The van der Waals surface area contributed by atoms with Gasteiger partial charge >= 0.3 is 0 Å². The zero-order chi connectivity index (χ0) is 11.4. The lowest BCUT2D eigenvalue weighted by molar-refractivity contribution is 0.208. The van der Waals surface area contributed by atoms with Gasteiger partial charge in [0.1, 0.15) is 0 Å². The van der Waals surface area contributed by atoms with Crippen LogP contribution in [0, 0.1) is 11.8 Å². The highest BCUT2D eigenvalue weighted by atomic mass is 32.1. The summed E-state index contributed by atoms with van der Waals surface area (Å²) in [5.41, 5.74) is 1.48. The molecule has 1 saturated carbocycles. The molecule has 3 unspecified atom stereocenters. The van der Waals surface area contributed by atoms with Crippen molar-refractivity contribution in [3.05, 3.63) is 22.4 Å². The molecule has 90 valence electrons. The third kappa shape index (κ3) is 3.08. The maximum Gasteiger partial charge on any atom is 0.00953 e. The van der Waals surface area contributed by atoms with E-state index in [1.807, 2.05) is 0 Å². The lowest BCUT2D eigenvalue weighted by Gasteiger charge is -2.34. The standard InChI is InChI=1S/C14H23NS/c1-11-4-3-5-14(12(11)2)15-8-6-13-7-9-16-10-13/h7,9-12,14-15H,3-6,8H2,1-2H3. The molecule has 0 bridgehead atoms. The second-order valence-electron chi connectivity index (χ2n) is 5.21. The molecule has 0 radical (unpaired) electrons. The minimum absolute atomic E-state index is 0.752. The van der Waals surface area contributed by atoms with Crippen LogP contribution in [0.25, 0.3) is 0 Å². The fourth-order valence-corrected chi connectivity index (χ4v) is 3.41. The van der Waals surface area contributed by atoms with E-state index in [4.69, 9.17) is 0 Å². The number of thiophene rings is 1. The summed E-state index contributed by atoms with van der Waals surface area (Å²) in [7, 11) is 0. The molecule has 1 heterocycles. The van der Waals surface area contributed by atoms with Crippen LogP contribution in [0.4, 0.5) is 0 Å². The Morgan fingerprint density at radius 1 is 1.38 bits per heavy atom. The van der Waals surface area contributed by atoms with E-state index in [0.29, 0.717) is 0 Å². The van der Waals surface area contributed by atoms with Gasteiger partial charge in [0.05, 0.1) is 0 Å². The summed E-state index contributed by atoms with van der Waals surface area (Å²) < 4.78 is 0. The Labute approximate surface area is 103 Å². The molecule has 1 aromatic heterocycles. The highest BCUT2D eigenvalue weighted by Crippen LogP contribution is 2.29. The number of rotatable bonds is 4. The fraction of sp³-hybridized carbons (Fsp3) is 0.714. The van der Waals surface area contributed by atoms with Crippen molar-refractivity contribution in [2.45, 2.75) is 45.6 Å². The summed E-state index contributed by atoms with van der Waals surface area (Å²) in [6.07, 6.45) is 5.38. The molecule has 0 amide bonds. The summed E-state index contributed by atoms with van der Waals surface area (Å²) in [5, 5.41) is 8.17. The normalized spacial score (nSPS) is 30.5. The van der Waals surface area contributed by atoms with Gasteiger partial charge in [-0.1, -0.05) is 26.7 Å². The summed E-state index contributed by atoms with van der Waals surface area (Å²) in [4.78, 5) is 0. The summed E-state index contributed by atoms with van der Waals surface area (Å²) in [6, 6.07) is 2.99. The molecule has 1 aliphatic rings. The predicted molar refractivity (Wildman–Crippen MR) is 72.0 cm³/mol. The first-order valence-electron chi connectivity index (χ1n) is 6.52. The second-order valence-corrected chi connectivity index (χ2v) is 5.99. The average Bonchev–Trinajstić information content (AvgIpc) is 2.77. The van der Waals surface area contributed by atoms with Crippen molar-refractivity contribution in [3.63, 3.8) is 0 Å². The Morgan fingerprint density at radius 3 is 3.00 bits per heavy atom. The van der Waals surface area contributed by atoms with E-state index in [0.717, 1.165) is 24.4 Å². The first-order valence-corrected chi connectivity index (χ1v) is 7.46. The SMILES string of the molecule is CC1CCCC(NCCc2ccsc2)C1C. The van der Waals surface area contributed by atoms with Gasteiger partial charge in [-0.15, -0.1) is 0 Å². The summed E-state index contributed by atoms with van der Waals surface area (Å²) >= 11 is 1.80. The van der Waals surface area contributed by atoms with Gasteiger partial charge in [-0.05, 0) is 53.6 Å². The maximum atomic E-state index is 3.74. The molecule has 2 rings (SSSR count).